The van der Waals surface area contributed by atoms with Gasteiger partial charge in [0.15, 0.2) is 0 Å². The number of nitrogens with one attached hydrogen (secondary N) is 1. The van der Waals surface area contributed by atoms with Gasteiger partial charge in [0.1, 0.15) is 11.3 Å². The van der Waals surface area contributed by atoms with E-state index in [4.69, 9.17) is 9.57 Å². The number of methoxy groups -OCH3 is 1. The van der Waals surface area contributed by atoms with E-state index in [1.807, 2.05) is 60.7 Å². The fourth-order valence-corrected chi connectivity index (χ4v) is 7.96. The summed E-state index contributed by atoms with van der Waals surface area (Å²) >= 11 is 0. The van der Waals surface area contributed by atoms with Crippen LogP contribution in [0.4, 0.5) is 4.79 Å². The number of hydrogen-bond acceptors (Lipinski definition) is 6. The van der Waals surface area contributed by atoms with Crippen LogP contribution in [0.3, 0.4) is 0 Å². The number of fused-ring (bicyclic) bond motifs is 1. The number of hydroxylamine groups is 1. The highest BCUT2D eigenvalue weighted by Crippen LogP contribution is 2.47. The zero-order valence-corrected chi connectivity index (χ0v) is 23.5. The van der Waals surface area contributed by atoms with Crippen molar-refractivity contribution >= 4 is 22.0 Å². The van der Waals surface area contributed by atoms with Crippen molar-refractivity contribution in [1.29, 1.82) is 0 Å². The second kappa shape index (κ2) is 11.9. The minimum atomic E-state index is -4.29. The molecule has 41 heavy (non-hydrogen) atoms. The van der Waals surface area contributed by atoms with E-state index in [-0.39, 0.29) is 43.4 Å². The highest BCUT2D eigenvalue weighted by Gasteiger charge is 2.62. The molecule has 3 atom stereocenters. The van der Waals surface area contributed by atoms with Gasteiger partial charge in [-0.15, -0.1) is 0 Å². The predicted molar refractivity (Wildman–Crippen MR) is 150 cm³/mol. The lowest BCUT2D eigenvalue weighted by molar-refractivity contribution is -0.144. The number of carbonyl (C=O) groups is 2. The Morgan fingerprint density at radius 1 is 0.976 bits per heavy atom. The van der Waals surface area contributed by atoms with Gasteiger partial charge in [0, 0.05) is 25.6 Å². The number of rotatable bonds is 9. The summed E-state index contributed by atoms with van der Waals surface area (Å²) in [6, 6.07) is 23.8. The van der Waals surface area contributed by atoms with E-state index < -0.39 is 33.6 Å². The number of sulfonamides is 1. The molecule has 10 nitrogen and oxygen atoms in total. The molecule has 0 aliphatic carbocycles. The molecule has 3 aromatic carbocycles. The van der Waals surface area contributed by atoms with Crippen molar-refractivity contribution in [2.24, 2.45) is 5.92 Å². The summed E-state index contributed by atoms with van der Waals surface area (Å²) in [4.78, 5) is 33.0. The minimum Gasteiger partial charge on any atom is -0.497 e. The second-order valence-electron chi connectivity index (χ2n) is 10.4. The van der Waals surface area contributed by atoms with Crippen LogP contribution in [0.25, 0.3) is 0 Å². The number of hydrogen-bond donors (Lipinski definition) is 2. The van der Waals surface area contributed by atoms with Gasteiger partial charge in [-0.3, -0.25) is 9.63 Å². The third kappa shape index (κ3) is 5.79. The third-order valence-electron chi connectivity index (χ3n) is 7.94. The van der Waals surface area contributed by atoms with Crippen LogP contribution in [-0.4, -0.2) is 66.5 Å². The molecular weight excluding hydrogens is 546 g/mol. The van der Waals surface area contributed by atoms with E-state index in [2.05, 4.69) is 5.48 Å². The first-order valence-corrected chi connectivity index (χ1v) is 14.9. The van der Waals surface area contributed by atoms with Crippen LogP contribution < -0.4 is 10.2 Å². The van der Waals surface area contributed by atoms with Crippen LogP contribution in [0.2, 0.25) is 0 Å². The van der Waals surface area contributed by atoms with Gasteiger partial charge in [-0.2, -0.15) is 4.31 Å². The van der Waals surface area contributed by atoms with Crippen LogP contribution in [0.1, 0.15) is 24.0 Å². The number of carbonyl (C=O) groups excluding carboxylic acids is 1. The summed E-state index contributed by atoms with van der Waals surface area (Å²) in [6.07, 6.45) is -0.387. The zero-order chi connectivity index (χ0) is 29.0. The maximum atomic E-state index is 14.5. The normalized spacial score (nSPS) is 22.6. The van der Waals surface area contributed by atoms with Crippen LogP contribution in [0, 0.1) is 5.92 Å². The van der Waals surface area contributed by atoms with E-state index in [1.54, 1.807) is 12.1 Å². The van der Waals surface area contributed by atoms with Gasteiger partial charge in [-0.05, 0) is 54.2 Å². The Labute approximate surface area is 239 Å². The van der Waals surface area contributed by atoms with Crippen LogP contribution in [-0.2, 0) is 32.7 Å². The predicted octanol–water partition coefficient (Wildman–Crippen LogP) is 3.69. The molecule has 0 radical (unpaired) electrons. The van der Waals surface area contributed by atoms with Gasteiger partial charge in [-0.25, -0.2) is 18.7 Å². The molecule has 5 rings (SSSR count). The molecule has 0 bridgehead atoms. The van der Waals surface area contributed by atoms with Crippen molar-refractivity contribution in [2.75, 3.05) is 20.2 Å². The lowest BCUT2D eigenvalue weighted by Crippen LogP contribution is -2.62. The number of likely N-dealkylation sites (tertiary alicyclic amines) is 1. The smallest absolute Gasteiger partial charge is 0.407 e. The van der Waals surface area contributed by atoms with Gasteiger partial charge in [0.2, 0.25) is 10.0 Å². The lowest BCUT2D eigenvalue weighted by Gasteiger charge is -2.41. The average molecular weight is 580 g/mol. The van der Waals surface area contributed by atoms with Gasteiger partial charge in [0.05, 0.1) is 18.6 Å². The number of amides is 2. The molecule has 0 saturated carbocycles. The summed E-state index contributed by atoms with van der Waals surface area (Å²) < 4.78 is 35.4. The minimum absolute atomic E-state index is 0.0122. The molecule has 216 valence electrons. The molecule has 2 heterocycles. The Morgan fingerprint density at radius 3 is 2.22 bits per heavy atom. The summed E-state index contributed by atoms with van der Waals surface area (Å²) in [6.45, 7) is 0.323. The van der Waals surface area contributed by atoms with Crippen molar-refractivity contribution in [1.82, 2.24) is 14.7 Å². The van der Waals surface area contributed by atoms with E-state index >= 15 is 0 Å². The van der Waals surface area contributed by atoms with Gasteiger partial charge in [0.25, 0.3) is 5.91 Å². The lowest BCUT2D eigenvalue weighted by atomic mass is 9.83. The fourth-order valence-electron chi connectivity index (χ4n) is 5.98. The van der Waals surface area contributed by atoms with E-state index in [1.165, 1.54) is 28.4 Å². The van der Waals surface area contributed by atoms with E-state index in [0.29, 0.717) is 12.2 Å². The average Bonchev–Trinajstić information content (AvgIpc) is 3.33. The molecular formula is C30H33N3O7S. The Kier molecular flexibility index (Phi) is 8.30. The Bertz CT molecular complexity index is 1470. The van der Waals surface area contributed by atoms with Gasteiger partial charge >= 0.3 is 6.09 Å². The zero-order valence-electron chi connectivity index (χ0n) is 22.7. The maximum Gasteiger partial charge on any atom is 0.407 e. The Balaban J connectivity index is 1.58. The van der Waals surface area contributed by atoms with E-state index in [9.17, 15) is 23.1 Å². The maximum absolute atomic E-state index is 14.5. The van der Waals surface area contributed by atoms with Gasteiger partial charge in [-0.1, -0.05) is 60.7 Å². The number of carboxylic acid groups (broad SMARTS) is 1. The number of piperidine rings is 1. The molecule has 3 aromatic rings. The topological polar surface area (TPSA) is 125 Å². The summed E-state index contributed by atoms with van der Waals surface area (Å²) in [5.41, 5.74) is 2.60. The molecule has 0 aromatic heterocycles. The Morgan fingerprint density at radius 2 is 1.61 bits per heavy atom. The molecule has 2 saturated heterocycles. The van der Waals surface area contributed by atoms with Crippen molar-refractivity contribution in [2.45, 2.75) is 42.3 Å². The van der Waals surface area contributed by atoms with Crippen molar-refractivity contribution < 1.29 is 32.7 Å². The summed E-state index contributed by atoms with van der Waals surface area (Å²) in [7, 11) is -2.80. The standard InChI is InChI=1S/C30H33N3O7S/c1-39-25-12-14-26(15-13-25)41(37,38)33-27-20-32(29(35)36)17-16-24(27)19-30(33,18-22-8-4-2-5-9-22)28(34)31-40-21-23-10-6-3-7-11-23/h2-15,24,27H,16-21H2,1H3,(H,31,34)(H,35,36)/t24-,27-,30+/m0/s1. The molecule has 0 unspecified atom stereocenters. The third-order valence-corrected chi connectivity index (χ3v) is 9.95. The summed E-state index contributed by atoms with van der Waals surface area (Å²) in [5.74, 6) is -0.339. The quantitative estimate of drug-likeness (QED) is 0.371. The van der Waals surface area contributed by atoms with Crippen LogP contribution in [0.15, 0.2) is 89.8 Å². The fraction of sp³-hybridized carbons (Fsp3) is 0.333. The number of benzene rings is 3. The Hall–Kier alpha value is -3.93. The highest BCUT2D eigenvalue weighted by molar-refractivity contribution is 7.89. The highest BCUT2D eigenvalue weighted by atomic mass is 32.2. The SMILES string of the molecule is COc1ccc(S(=O)(=O)N2[C@H]3CN(C(=O)O)CC[C@H]3C[C@]2(Cc2ccccc2)C(=O)NOCc2ccccc2)cc1. The van der Waals surface area contributed by atoms with Crippen LogP contribution >= 0.6 is 0 Å². The molecule has 2 fully saturated rings. The first-order chi connectivity index (χ1) is 19.7. The second-order valence-corrected chi connectivity index (χ2v) is 12.2. The molecule has 2 amide bonds. The van der Waals surface area contributed by atoms with Crippen molar-refractivity contribution in [3.8, 4) is 5.75 Å². The summed E-state index contributed by atoms with van der Waals surface area (Å²) in [5, 5.41) is 9.77. The van der Waals surface area contributed by atoms with Gasteiger partial charge < -0.3 is 14.7 Å². The first-order valence-electron chi connectivity index (χ1n) is 13.4. The monoisotopic (exact) mass is 579 g/mol. The van der Waals surface area contributed by atoms with Crippen molar-refractivity contribution in [3.05, 3.63) is 96.1 Å². The van der Waals surface area contributed by atoms with E-state index in [0.717, 1.165) is 11.1 Å². The molecule has 2 aliphatic heterocycles. The number of nitrogens with zero attached hydrogens (tertiary/aromatic N) is 2. The largest absolute Gasteiger partial charge is 0.497 e. The first kappa shape index (κ1) is 28.6. The van der Waals surface area contributed by atoms with Crippen molar-refractivity contribution in [3.63, 3.8) is 0 Å². The van der Waals surface area contributed by atoms with Crippen LogP contribution in [0.5, 0.6) is 5.75 Å². The molecule has 2 N–H and O–H groups in total. The molecule has 2 aliphatic rings. The number of ether oxygens (including phenoxy) is 1. The molecule has 0 spiro atoms. The molecule has 11 heteroatoms.